The molecule has 10 heteroatoms. The highest BCUT2D eigenvalue weighted by Gasteiger charge is 2.16. The largest absolute Gasteiger partial charge is 0.325 e. The van der Waals surface area contributed by atoms with E-state index in [9.17, 15) is 14.9 Å². The van der Waals surface area contributed by atoms with Crippen LogP contribution in [0, 0.1) is 30.9 Å². The Kier molecular flexibility index (Phi) is 5.69. The van der Waals surface area contributed by atoms with Crippen LogP contribution in [-0.2, 0) is 4.79 Å². The van der Waals surface area contributed by atoms with Crippen molar-refractivity contribution in [3.63, 3.8) is 0 Å². The number of carbonyl (C=O) groups is 1. The van der Waals surface area contributed by atoms with Crippen LogP contribution in [0.3, 0.4) is 0 Å². The highest BCUT2D eigenvalue weighted by atomic mass is 32.2. The van der Waals surface area contributed by atoms with Gasteiger partial charge >= 0.3 is 0 Å². The number of nitro benzene ring substituents is 1. The maximum atomic E-state index is 12.3. The van der Waals surface area contributed by atoms with Gasteiger partial charge in [-0.2, -0.15) is 4.68 Å². The zero-order valence-electron chi connectivity index (χ0n) is 15.5. The molecule has 0 saturated carbocycles. The number of thioether (sulfide) groups is 1. The number of hydrogen-bond donors (Lipinski definition) is 1. The maximum Gasteiger partial charge on any atom is 0.271 e. The minimum Gasteiger partial charge on any atom is -0.325 e. The molecule has 0 radical (unpaired) electrons. The Morgan fingerprint density at radius 2 is 1.89 bits per heavy atom. The van der Waals surface area contributed by atoms with Gasteiger partial charge in [-0.15, -0.1) is 5.10 Å². The van der Waals surface area contributed by atoms with E-state index in [0.29, 0.717) is 10.8 Å². The molecule has 9 nitrogen and oxygen atoms in total. The Hall–Kier alpha value is -3.27. The topological polar surface area (TPSA) is 116 Å². The molecule has 0 aliphatic carbocycles. The lowest BCUT2D eigenvalue weighted by Gasteiger charge is -2.11. The number of benzene rings is 2. The zero-order valence-corrected chi connectivity index (χ0v) is 16.4. The lowest BCUT2D eigenvalue weighted by molar-refractivity contribution is -0.384. The van der Waals surface area contributed by atoms with Gasteiger partial charge in [-0.3, -0.25) is 14.9 Å². The molecule has 1 aromatic heterocycles. The smallest absolute Gasteiger partial charge is 0.271 e. The second kappa shape index (κ2) is 8.17. The van der Waals surface area contributed by atoms with Crippen molar-refractivity contribution in [2.75, 3.05) is 11.1 Å². The van der Waals surface area contributed by atoms with Crippen LogP contribution in [0.15, 0.2) is 41.6 Å². The molecule has 3 rings (SSSR count). The summed E-state index contributed by atoms with van der Waals surface area (Å²) >= 11 is 1.19. The van der Waals surface area contributed by atoms with E-state index >= 15 is 0 Å². The molecular weight excluding hydrogens is 380 g/mol. The van der Waals surface area contributed by atoms with E-state index in [2.05, 4.69) is 20.8 Å². The Balaban J connectivity index is 1.73. The van der Waals surface area contributed by atoms with E-state index < -0.39 is 4.92 Å². The number of rotatable bonds is 6. The number of nitrogens with zero attached hydrogens (tertiary/aromatic N) is 5. The normalized spacial score (nSPS) is 10.7. The van der Waals surface area contributed by atoms with Crippen LogP contribution in [-0.4, -0.2) is 36.8 Å². The number of aromatic nitrogens is 4. The molecule has 0 spiro atoms. The van der Waals surface area contributed by atoms with Crippen molar-refractivity contribution in [3.8, 4) is 5.69 Å². The number of para-hydroxylation sites is 1. The average molecular weight is 398 g/mol. The predicted octanol–water partition coefficient (Wildman–Crippen LogP) is 3.23. The number of anilines is 1. The molecule has 0 bridgehead atoms. The monoisotopic (exact) mass is 398 g/mol. The molecule has 0 fully saturated rings. The third kappa shape index (κ3) is 4.17. The quantitative estimate of drug-likeness (QED) is 0.385. The fourth-order valence-electron chi connectivity index (χ4n) is 2.72. The summed E-state index contributed by atoms with van der Waals surface area (Å²) in [6.07, 6.45) is 0. The van der Waals surface area contributed by atoms with Crippen LogP contribution in [0.2, 0.25) is 0 Å². The van der Waals surface area contributed by atoms with Crippen LogP contribution < -0.4 is 5.32 Å². The third-order valence-electron chi connectivity index (χ3n) is 4.13. The molecule has 0 atom stereocenters. The highest BCUT2D eigenvalue weighted by Crippen LogP contribution is 2.25. The highest BCUT2D eigenvalue weighted by molar-refractivity contribution is 7.99. The molecule has 0 aliphatic heterocycles. The van der Waals surface area contributed by atoms with Gasteiger partial charge in [0.1, 0.15) is 0 Å². The third-order valence-corrected chi connectivity index (χ3v) is 5.05. The number of aryl methyl sites for hydroxylation is 3. The lowest BCUT2D eigenvalue weighted by atomic mass is 10.1. The summed E-state index contributed by atoms with van der Waals surface area (Å²) in [6, 6.07) is 10.2. The van der Waals surface area contributed by atoms with Crippen molar-refractivity contribution in [2.24, 2.45) is 0 Å². The molecule has 28 heavy (non-hydrogen) atoms. The van der Waals surface area contributed by atoms with Crippen molar-refractivity contribution < 1.29 is 9.72 Å². The SMILES string of the molecule is Cc1ccc([N+](=O)[O-])cc1NC(=O)CSc1nnnn1-c1c(C)cccc1C. The van der Waals surface area contributed by atoms with Gasteiger partial charge in [0.15, 0.2) is 0 Å². The minimum absolute atomic E-state index is 0.0629. The number of tetrazole rings is 1. The summed E-state index contributed by atoms with van der Waals surface area (Å²) in [4.78, 5) is 22.8. The van der Waals surface area contributed by atoms with Gasteiger partial charge in [-0.05, 0) is 47.9 Å². The van der Waals surface area contributed by atoms with Gasteiger partial charge in [-0.25, -0.2) is 0 Å². The number of non-ortho nitro benzene ring substituents is 1. The summed E-state index contributed by atoms with van der Waals surface area (Å²) in [7, 11) is 0. The number of nitro groups is 1. The Labute approximate surface area is 165 Å². The van der Waals surface area contributed by atoms with Gasteiger partial charge in [0.05, 0.1) is 22.1 Å². The first-order valence-electron chi connectivity index (χ1n) is 8.39. The zero-order chi connectivity index (χ0) is 20.3. The number of hydrogen-bond acceptors (Lipinski definition) is 7. The van der Waals surface area contributed by atoms with E-state index in [1.807, 2.05) is 32.0 Å². The lowest BCUT2D eigenvalue weighted by Crippen LogP contribution is -2.15. The van der Waals surface area contributed by atoms with Crippen LogP contribution in [0.5, 0.6) is 0 Å². The Morgan fingerprint density at radius 1 is 1.18 bits per heavy atom. The summed E-state index contributed by atoms with van der Waals surface area (Å²) in [5.41, 5.74) is 3.99. The average Bonchev–Trinajstić information content (AvgIpc) is 3.09. The summed E-state index contributed by atoms with van der Waals surface area (Å²) in [6.45, 7) is 5.71. The van der Waals surface area contributed by atoms with E-state index in [4.69, 9.17) is 0 Å². The first kappa shape index (κ1) is 19.5. The second-order valence-electron chi connectivity index (χ2n) is 6.21. The van der Waals surface area contributed by atoms with E-state index in [1.165, 1.54) is 23.9 Å². The Bertz CT molecular complexity index is 1030. The van der Waals surface area contributed by atoms with Gasteiger partial charge in [0.2, 0.25) is 11.1 Å². The second-order valence-corrected chi connectivity index (χ2v) is 7.15. The summed E-state index contributed by atoms with van der Waals surface area (Å²) in [5, 5.41) is 25.9. The number of carbonyl (C=O) groups excluding carboxylic acids is 1. The number of nitrogens with one attached hydrogen (secondary N) is 1. The van der Waals surface area contributed by atoms with Crippen molar-refractivity contribution in [2.45, 2.75) is 25.9 Å². The Morgan fingerprint density at radius 3 is 2.57 bits per heavy atom. The van der Waals surface area contributed by atoms with Crippen molar-refractivity contribution in [3.05, 3.63) is 63.2 Å². The molecule has 3 aromatic rings. The molecule has 1 amide bonds. The first-order chi connectivity index (χ1) is 13.4. The molecule has 0 aliphatic rings. The first-order valence-corrected chi connectivity index (χ1v) is 9.38. The predicted molar refractivity (Wildman–Crippen MR) is 106 cm³/mol. The van der Waals surface area contributed by atoms with Gasteiger partial charge < -0.3 is 5.32 Å². The van der Waals surface area contributed by atoms with Gasteiger partial charge in [-0.1, -0.05) is 36.0 Å². The molecule has 1 N–H and O–H groups in total. The minimum atomic E-state index is -0.498. The van der Waals surface area contributed by atoms with E-state index in [-0.39, 0.29) is 17.3 Å². The van der Waals surface area contributed by atoms with Gasteiger partial charge in [0, 0.05) is 12.1 Å². The van der Waals surface area contributed by atoms with Crippen LogP contribution >= 0.6 is 11.8 Å². The van der Waals surface area contributed by atoms with Crippen LogP contribution in [0.25, 0.3) is 5.69 Å². The molecule has 1 heterocycles. The number of amides is 1. The van der Waals surface area contributed by atoms with Crippen LogP contribution in [0.4, 0.5) is 11.4 Å². The fourth-order valence-corrected chi connectivity index (χ4v) is 3.40. The van der Waals surface area contributed by atoms with Crippen molar-refractivity contribution >= 4 is 29.0 Å². The van der Waals surface area contributed by atoms with Crippen molar-refractivity contribution in [1.82, 2.24) is 20.2 Å². The molecule has 0 unspecified atom stereocenters. The summed E-state index contributed by atoms with van der Waals surface area (Å²) in [5.74, 6) is -0.238. The van der Waals surface area contributed by atoms with E-state index in [0.717, 1.165) is 22.4 Å². The summed E-state index contributed by atoms with van der Waals surface area (Å²) < 4.78 is 1.61. The molecule has 2 aromatic carbocycles. The molecular formula is C18H18N6O3S. The fraction of sp³-hybridized carbons (Fsp3) is 0.222. The molecule has 144 valence electrons. The van der Waals surface area contributed by atoms with Gasteiger partial charge in [0.25, 0.3) is 5.69 Å². The van der Waals surface area contributed by atoms with Crippen molar-refractivity contribution in [1.29, 1.82) is 0 Å². The van der Waals surface area contributed by atoms with E-state index in [1.54, 1.807) is 17.7 Å². The standard InChI is InChI=1S/C18H18N6O3S/c1-11-7-8-14(24(26)27)9-15(11)19-16(25)10-28-18-20-21-22-23(18)17-12(2)5-4-6-13(17)3/h4-9H,10H2,1-3H3,(H,19,25). The maximum absolute atomic E-state index is 12.3. The molecule has 0 saturated heterocycles. The van der Waals surface area contributed by atoms with Crippen LogP contribution in [0.1, 0.15) is 16.7 Å².